The van der Waals surface area contributed by atoms with Crippen LogP contribution in [0.3, 0.4) is 0 Å². The van der Waals surface area contributed by atoms with Gasteiger partial charge in [0.1, 0.15) is 0 Å². The van der Waals surface area contributed by atoms with Crippen LogP contribution in [0.15, 0.2) is 31.4 Å². The molecule has 17 heavy (non-hydrogen) atoms. The van der Waals surface area contributed by atoms with E-state index in [1.54, 1.807) is 0 Å². The van der Waals surface area contributed by atoms with Crippen molar-refractivity contribution in [2.45, 2.75) is 48.5 Å². The summed E-state index contributed by atoms with van der Waals surface area (Å²) in [5, 5.41) is 0. The Bertz CT molecular complexity index is 282. The largest absolute Gasteiger partial charge is 0.0984 e. The molecule has 0 radical (unpaired) electrons. The van der Waals surface area contributed by atoms with Crippen molar-refractivity contribution in [2.75, 3.05) is 0 Å². The second-order valence-corrected chi connectivity index (χ2v) is 2.54. The molecule has 1 aromatic carbocycles. The number of aryl methyl sites for hydroxylation is 1. The first-order valence-corrected chi connectivity index (χ1v) is 6.63. The maximum atomic E-state index is 3.73. The molecule has 0 aromatic heterocycles. The lowest BCUT2D eigenvalue weighted by molar-refractivity contribution is 1.45. The first-order chi connectivity index (χ1) is 8.27. The van der Waals surface area contributed by atoms with E-state index in [1.165, 1.54) is 5.56 Å². The molecule has 0 unspecified atom stereocenters. The highest BCUT2D eigenvalue weighted by atomic mass is 14.0. The van der Waals surface area contributed by atoms with Gasteiger partial charge < -0.3 is 0 Å². The quantitative estimate of drug-likeness (QED) is 0.558. The molecule has 0 atom stereocenters. The molecule has 0 nitrogen and oxygen atoms in total. The monoisotopic (exact) mass is 234 g/mol. The van der Waals surface area contributed by atoms with Crippen molar-refractivity contribution in [2.24, 2.45) is 0 Å². The highest BCUT2D eigenvalue weighted by Crippen LogP contribution is 2.13. The van der Waals surface area contributed by atoms with Gasteiger partial charge in [0, 0.05) is 0 Å². The predicted molar refractivity (Wildman–Crippen MR) is 85.4 cm³/mol. The van der Waals surface area contributed by atoms with Crippen LogP contribution in [0.4, 0.5) is 0 Å². The molecule has 0 aliphatic carbocycles. The Morgan fingerprint density at radius 1 is 0.765 bits per heavy atom. The van der Waals surface area contributed by atoms with Crippen molar-refractivity contribution < 1.29 is 0 Å². The second-order valence-electron chi connectivity index (χ2n) is 2.54. The van der Waals surface area contributed by atoms with E-state index in [2.05, 4.69) is 38.3 Å². The summed E-state index contributed by atoms with van der Waals surface area (Å²) in [5.41, 5.74) is 3.55. The van der Waals surface area contributed by atoms with Crippen molar-refractivity contribution in [3.05, 3.63) is 48.0 Å². The summed E-state index contributed by atoms with van der Waals surface area (Å²) in [6.07, 6.45) is 3.69. The minimum absolute atomic E-state index is 1.14. The Morgan fingerprint density at radius 3 is 1.53 bits per heavy atom. The topological polar surface area (TPSA) is 0 Å². The molecule has 0 aliphatic heterocycles. The van der Waals surface area contributed by atoms with E-state index in [0.29, 0.717) is 0 Å². The van der Waals surface area contributed by atoms with Gasteiger partial charge in [-0.2, -0.15) is 0 Å². The fraction of sp³-hybridized carbons (Fsp3) is 0.412. The summed E-state index contributed by atoms with van der Waals surface area (Å²) in [7, 11) is 0. The van der Waals surface area contributed by atoms with Crippen LogP contribution in [0, 0.1) is 6.92 Å². The molecule has 0 saturated heterocycles. The lowest BCUT2D eigenvalue weighted by atomic mass is 10.0. The van der Waals surface area contributed by atoms with Crippen LogP contribution < -0.4 is 0 Å². The normalized spacial score (nSPS) is 7.00. The van der Waals surface area contributed by atoms with E-state index in [0.717, 1.165) is 11.1 Å². The number of hydrogen-bond donors (Lipinski definition) is 0. The lowest BCUT2D eigenvalue weighted by Gasteiger charge is -2.00. The second kappa shape index (κ2) is 17.1. The van der Waals surface area contributed by atoms with Gasteiger partial charge in [0.25, 0.3) is 0 Å². The SMILES string of the molecule is C=Cc1ccc(C)cc1C=C.CC.CC.CC. The Labute approximate surface area is 109 Å². The standard InChI is InChI=1S/C11H12.3C2H6/c1-4-10-7-6-9(3)8-11(10)5-2;3*1-2/h4-8H,1-2H2,3H3;3*1-2H3. The van der Waals surface area contributed by atoms with E-state index >= 15 is 0 Å². The van der Waals surface area contributed by atoms with Crippen LogP contribution in [-0.2, 0) is 0 Å². The average Bonchev–Trinajstić information content (AvgIpc) is 2.45. The summed E-state index contributed by atoms with van der Waals surface area (Å²) >= 11 is 0. The fourth-order valence-corrected chi connectivity index (χ4v) is 1.06. The van der Waals surface area contributed by atoms with E-state index in [9.17, 15) is 0 Å². The third-order valence-electron chi connectivity index (χ3n) is 1.68. The molecular weight excluding hydrogens is 204 g/mol. The van der Waals surface area contributed by atoms with Crippen LogP contribution in [-0.4, -0.2) is 0 Å². The molecule has 98 valence electrons. The number of benzene rings is 1. The van der Waals surface area contributed by atoms with Crippen molar-refractivity contribution in [1.82, 2.24) is 0 Å². The molecule has 0 N–H and O–H groups in total. The molecule has 1 aromatic rings. The van der Waals surface area contributed by atoms with Gasteiger partial charge in [-0.05, 0) is 18.1 Å². The summed E-state index contributed by atoms with van der Waals surface area (Å²) in [6.45, 7) is 21.5. The van der Waals surface area contributed by atoms with E-state index in [1.807, 2.05) is 53.7 Å². The Balaban J connectivity index is -0.000000285. The summed E-state index contributed by atoms with van der Waals surface area (Å²) in [5.74, 6) is 0. The Hall–Kier alpha value is -1.30. The third-order valence-corrected chi connectivity index (χ3v) is 1.68. The number of rotatable bonds is 2. The highest BCUT2D eigenvalue weighted by molar-refractivity contribution is 5.64. The van der Waals surface area contributed by atoms with Gasteiger partial charge in [-0.25, -0.2) is 0 Å². The minimum atomic E-state index is 1.14. The average molecular weight is 234 g/mol. The van der Waals surface area contributed by atoms with E-state index in [4.69, 9.17) is 0 Å². The predicted octanol–water partition coefficient (Wildman–Crippen LogP) is 6.36. The zero-order valence-electron chi connectivity index (χ0n) is 12.8. The molecule has 0 heterocycles. The molecule has 0 fully saturated rings. The van der Waals surface area contributed by atoms with Crippen molar-refractivity contribution in [1.29, 1.82) is 0 Å². The van der Waals surface area contributed by atoms with Crippen molar-refractivity contribution >= 4 is 12.2 Å². The minimum Gasteiger partial charge on any atom is -0.0984 e. The lowest BCUT2D eigenvalue weighted by Crippen LogP contribution is -1.80. The highest BCUT2D eigenvalue weighted by Gasteiger charge is 1.93. The van der Waals surface area contributed by atoms with Gasteiger partial charge in [-0.3, -0.25) is 0 Å². The fourth-order valence-electron chi connectivity index (χ4n) is 1.06. The zero-order valence-corrected chi connectivity index (χ0v) is 12.8. The molecule has 0 bridgehead atoms. The van der Waals surface area contributed by atoms with Crippen LogP contribution >= 0.6 is 0 Å². The van der Waals surface area contributed by atoms with Gasteiger partial charge in [0.05, 0.1) is 0 Å². The van der Waals surface area contributed by atoms with Crippen LogP contribution in [0.1, 0.15) is 58.2 Å². The Morgan fingerprint density at radius 2 is 1.18 bits per heavy atom. The first kappa shape index (κ1) is 21.0. The first-order valence-electron chi connectivity index (χ1n) is 6.63. The molecule has 0 aliphatic rings. The van der Waals surface area contributed by atoms with Crippen molar-refractivity contribution in [3.8, 4) is 0 Å². The molecule has 0 spiro atoms. The van der Waals surface area contributed by atoms with Crippen LogP contribution in [0.2, 0.25) is 0 Å². The maximum Gasteiger partial charge on any atom is -0.0187 e. The zero-order chi connectivity index (χ0) is 14.3. The molecule has 1 rings (SSSR count). The van der Waals surface area contributed by atoms with Gasteiger partial charge >= 0.3 is 0 Å². The molecule has 0 amide bonds. The van der Waals surface area contributed by atoms with Gasteiger partial charge in [-0.1, -0.05) is 90.6 Å². The summed E-state index contributed by atoms with van der Waals surface area (Å²) in [4.78, 5) is 0. The third kappa shape index (κ3) is 9.62. The summed E-state index contributed by atoms with van der Waals surface area (Å²) in [6, 6.07) is 6.23. The van der Waals surface area contributed by atoms with E-state index in [-0.39, 0.29) is 0 Å². The van der Waals surface area contributed by atoms with Crippen LogP contribution in [0.25, 0.3) is 12.2 Å². The Kier molecular flexibility index (Phi) is 21.2. The van der Waals surface area contributed by atoms with E-state index < -0.39 is 0 Å². The maximum absolute atomic E-state index is 3.73. The smallest absolute Gasteiger partial charge is 0.0187 e. The van der Waals surface area contributed by atoms with Gasteiger partial charge in [-0.15, -0.1) is 0 Å². The van der Waals surface area contributed by atoms with Crippen molar-refractivity contribution in [3.63, 3.8) is 0 Å². The van der Waals surface area contributed by atoms with Crippen LogP contribution in [0.5, 0.6) is 0 Å². The molecule has 0 saturated carbocycles. The van der Waals surface area contributed by atoms with Gasteiger partial charge in [0.2, 0.25) is 0 Å². The molecule has 0 heteroatoms. The summed E-state index contributed by atoms with van der Waals surface area (Å²) < 4.78 is 0. The number of hydrogen-bond acceptors (Lipinski definition) is 0. The van der Waals surface area contributed by atoms with Gasteiger partial charge in [0.15, 0.2) is 0 Å². The molecular formula is C17H30.